The van der Waals surface area contributed by atoms with E-state index < -0.39 is 5.60 Å². The topological polar surface area (TPSA) is 108 Å². The van der Waals surface area contributed by atoms with Crippen molar-refractivity contribution in [2.75, 3.05) is 24.5 Å². The lowest BCUT2D eigenvalue weighted by Gasteiger charge is -2.43. The maximum atomic E-state index is 11.1. The number of H-pyrrole nitrogens is 1. The summed E-state index contributed by atoms with van der Waals surface area (Å²) in [5.41, 5.74) is 2.35. The fourth-order valence-electron chi connectivity index (χ4n) is 4.26. The van der Waals surface area contributed by atoms with Gasteiger partial charge in [-0.15, -0.1) is 0 Å². The van der Waals surface area contributed by atoms with Gasteiger partial charge in [-0.25, -0.2) is 9.97 Å². The molecule has 5 rings (SSSR count). The van der Waals surface area contributed by atoms with Crippen molar-refractivity contribution >= 4 is 27.8 Å². The van der Waals surface area contributed by atoms with E-state index in [2.05, 4.69) is 30.5 Å². The smallest absolute Gasteiger partial charge is 0.181 e. The van der Waals surface area contributed by atoms with Gasteiger partial charge in [-0.1, -0.05) is 13.8 Å². The van der Waals surface area contributed by atoms with E-state index in [1.54, 1.807) is 6.20 Å². The van der Waals surface area contributed by atoms with Crippen LogP contribution in [0.1, 0.15) is 20.8 Å². The number of nitrogens with one attached hydrogen (secondary N) is 2. The van der Waals surface area contributed by atoms with Crippen LogP contribution in [0.4, 0.5) is 5.82 Å². The Morgan fingerprint density at radius 1 is 1.32 bits per heavy atom. The number of piperazine rings is 1. The summed E-state index contributed by atoms with van der Waals surface area (Å²) in [5.74, 6) is 0.953. The van der Waals surface area contributed by atoms with Crippen LogP contribution in [-0.4, -0.2) is 66.3 Å². The fourth-order valence-corrected chi connectivity index (χ4v) is 4.26. The molecule has 3 N–H and O–H groups in total. The Bertz CT molecular complexity index is 1240. The molecule has 1 aliphatic rings. The molecule has 0 aliphatic carbocycles. The number of aromatic amines is 1. The van der Waals surface area contributed by atoms with E-state index in [1.807, 2.05) is 56.9 Å². The Morgan fingerprint density at radius 3 is 2.97 bits per heavy atom. The summed E-state index contributed by atoms with van der Waals surface area (Å²) in [6.07, 6.45) is 3.74. The summed E-state index contributed by atoms with van der Waals surface area (Å²) >= 11 is 0. The minimum Gasteiger partial charge on any atom is -0.388 e. The van der Waals surface area contributed by atoms with Crippen LogP contribution in [0.15, 0.2) is 30.6 Å². The van der Waals surface area contributed by atoms with Crippen LogP contribution >= 0.6 is 0 Å². The second kappa shape index (κ2) is 7.28. The van der Waals surface area contributed by atoms with Crippen molar-refractivity contribution in [3.05, 3.63) is 30.6 Å². The lowest BCUT2D eigenvalue weighted by atomic mass is 9.84. The lowest BCUT2D eigenvalue weighted by Crippen LogP contribution is -2.62. The number of hydrogen-bond donors (Lipinski definition) is 3. The Hall–Kier alpha value is -3.04. The van der Waals surface area contributed by atoms with E-state index in [4.69, 9.17) is 4.98 Å². The summed E-state index contributed by atoms with van der Waals surface area (Å²) in [6.45, 7) is 8.21. The van der Waals surface area contributed by atoms with E-state index in [-0.39, 0.29) is 12.0 Å². The lowest BCUT2D eigenvalue weighted by molar-refractivity contribution is -0.0231. The average Bonchev–Trinajstić information content (AvgIpc) is 3.35. The highest BCUT2D eigenvalue weighted by Crippen LogP contribution is 2.32. The number of anilines is 1. The second-order valence-electron chi connectivity index (χ2n) is 8.88. The van der Waals surface area contributed by atoms with Crippen LogP contribution in [-0.2, 0) is 7.05 Å². The molecule has 0 saturated carbocycles. The first kappa shape index (κ1) is 19.9. The monoisotopic (exact) mass is 420 g/mol. The highest BCUT2D eigenvalue weighted by molar-refractivity contribution is 5.96. The van der Waals surface area contributed by atoms with E-state index >= 15 is 0 Å². The van der Waals surface area contributed by atoms with Gasteiger partial charge in [0, 0.05) is 49.8 Å². The van der Waals surface area contributed by atoms with Crippen LogP contribution in [0.25, 0.3) is 33.3 Å². The molecular formula is C22H28N8O. The van der Waals surface area contributed by atoms with E-state index in [1.165, 1.54) is 0 Å². The molecule has 0 bridgehead atoms. The quantitative estimate of drug-likeness (QED) is 0.464. The number of aryl methyl sites for hydroxylation is 1. The normalized spacial score (nSPS) is 19.4. The molecule has 4 aromatic rings. The van der Waals surface area contributed by atoms with Gasteiger partial charge >= 0.3 is 0 Å². The van der Waals surface area contributed by atoms with Crippen molar-refractivity contribution in [2.45, 2.75) is 32.4 Å². The first-order valence-electron chi connectivity index (χ1n) is 10.7. The number of rotatable bonds is 4. The molecule has 31 heavy (non-hydrogen) atoms. The molecule has 0 aromatic carbocycles. The number of fused-ring (bicyclic) bond motifs is 2. The minimum atomic E-state index is -0.829. The van der Waals surface area contributed by atoms with Gasteiger partial charge in [0.15, 0.2) is 11.5 Å². The molecule has 1 fully saturated rings. The zero-order valence-corrected chi connectivity index (χ0v) is 18.3. The summed E-state index contributed by atoms with van der Waals surface area (Å²) in [5, 5.41) is 28.6. The maximum Gasteiger partial charge on any atom is 0.181 e. The molecule has 9 heteroatoms. The predicted octanol–water partition coefficient (Wildman–Crippen LogP) is 2.09. The summed E-state index contributed by atoms with van der Waals surface area (Å²) in [4.78, 5) is 11.6. The minimum absolute atomic E-state index is 0.0670. The largest absolute Gasteiger partial charge is 0.388 e. The molecule has 4 aromatic heterocycles. The molecule has 1 saturated heterocycles. The molecule has 1 aliphatic heterocycles. The van der Waals surface area contributed by atoms with E-state index in [0.717, 1.165) is 46.6 Å². The van der Waals surface area contributed by atoms with Gasteiger partial charge in [-0.05, 0) is 31.0 Å². The molecule has 0 amide bonds. The highest BCUT2D eigenvalue weighted by atomic mass is 16.3. The third-order valence-corrected chi connectivity index (χ3v) is 6.52. The summed E-state index contributed by atoms with van der Waals surface area (Å²) < 4.78 is 1.82. The first-order valence-corrected chi connectivity index (χ1v) is 10.7. The predicted molar refractivity (Wildman–Crippen MR) is 121 cm³/mol. The van der Waals surface area contributed by atoms with E-state index in [0.29, 0.717) is 12.2 Å². The average molecular weight is 421 g/mol. The second-order valence-corrected chi connectivity index (χ2v) is 8.88. The van der Waals surface area contributed by atoms with Crippen LogP contribution in [0.5, 0.6) is 0 Å². The van der Waals surface area contributed by atoms with Crippen molar-refractivity contribution < 1.29 is 5.11 Å². The van der Waals surface area contributed by atoms with Gasteiger partial charge in [-0.3, -0.25) is 9.78 Å². The molecule has 0 unspecified atom stereocenters. The fraction of sp³-hybridized carbons (Fsp3) is 0.455. The molecule has 5 heterocycles. The van der Waals surface area contributed by atoms with Gasteiger partial charge in [0.1, 0.15) is 5.52 Å². The Kier molecular flexibility index (Phi) is 4.67. The number of aliphatic hydroxyl groups is 1. The van der Waals surface area contributed by atoms with Gasteiger partial charge in [0.2, 0.25) is 0 Å². The zero-order valence-electron chi connectivity index (χ0n) is 18.3. The molecule has 2 atom stereocenters. The third-order valence-electron chi connectivity index (χ3n) is 6.52. The summed E-state index contributed by atoms with van der Waals surface area (Å²) in [6, 6.07) is 5.87. The number of hydrogen-bond acceptors (Lipinski definition) is 7. The zero-order chi connectivity index (χ0) is 21.8. The molecular weight excluding hydrogens is 392 g/mol. The van der Waals surface area contributed by atoms with Gasteiger partial charge in [-0.2, -0.15) is 10.2 Å². The van der Waals surface area contributed by atoms with Gasteiger partial charge < -0.3 is 15.3 Å². The Morgan fingerprint density at radius 2 is 2.16 bits per heavy atom. The first-order chi connectivity index (χ1) is 14.8. The summed E-state index contributed by atoms with van der Waals surface area (Å²) in [7, 11) is 1.92. The maximum absolute atomic E-state index is 11.1. The van der Waals surface area contributed by atoms with Crippen LogP contribution in [0.2, 0.25) is 0 Å². The van der Waals surface area contributed by atoms with Crippen molar-refractivity contribution in [1.82, 2.24) is 35.3 Å². The van der Waals surface area contributed by atoms with Crippen LogP contribution in [0.3, 0.4) is 0 Å². The SMILES string of the molecule is CC(C)[C@@](C)(O)[C@@H]1CN(c2nc(-c3[nH]nc4ncccc34)cc3cn(C)nc23)CCN1. The van der Waals surface area contributed by atoms with Crippen molar-refractivity contribution in [1.29, 1.82) is 0 Å². The Labute approximate surface area is 180 Å². The molecule has 0 spiro atoms. The van der Waals surface area contributed by atoms with Crippen molar-refractivity contribution in [3.8, 4) is 11.4 Å². The molecule has 162 valence electrons. The molecule has 0 radical (unpaired) electrons. The van der Waals surface area contributed by atoms with E-state index in [9.17, 15) is 5.11 Å². The standard InChI is InChI=1S/C22H28N8O/c1-13(2)22(3,31)17-12-30(9-8-23-17)21-18-14(11-29(4)28-18)10-16(25-21)19-15-6-5-7-24-20(15)27-26-19/h5-7,10-11,13,17,23,31H,8-9,12H2,1-4H3,(H,24,26,27)/t17-,22+/m0/s1. The van der Waals surface area contributed by atoms with Gasteiger partial charge in [0.25, 0.3) is 0 Å². The van der Waals surface area contributed by atoms with Gasteiger partial charge in [0.05, 0.1) is 23.0 Å². The number of nitrogens with zero attached hydrogens (tertiary/aromatic N) is 6. The number of pyridine rings is 2. The van der Waals surface area contributed by atoms with Crippen molar-refractivity contribution in [2.24, 2.45) is 13.0 Å². The Balaban J connectivity index is 1.61. The van der Waals surface area contributed by atoms with Crippen LogP contribution in [0, 0.1) is 5.92 Å². The third kappa shape index (κ3) is 3.34. The molecule has 9 nitrogen and oxygen atoms in total. The van der Waals surface area contributed by atoms with Crippen molar-refractivity contribution in [3.63, 3.8) is 0 Å². The highest BCUT2D eigenvalue weighted by Gasteiger charge is 2.38. The number of aromatic nitrogens is 6. The van der Waals surface area contributed by atoms with Crippen LogP contribution < -0.4 is 10.2 Å².